The van der Waals surface area contributed by atoms with Crippen molar-refractivity contribution < 1.29 is 4.79 Å². The molecule has 1 aromatic carbocycles. The maximum Gasteiger partial charge on any atom is 0.251 e. The van der Waals surface area contributed by atoms with E-state index in [4.69, 9.17) is 0 Å². The van der Waals surface area contributed by atoms with Crippen molar-refractivity contribution in [1.29, 1.82) is 0 Å². The van der Waals surface area contributed by atoms with Crippen molar-refractivity contribution in [1.82, 2.24) is 16.0 Å². The molecule has 2 aromatic rings. The zero-order valence-corrected chi connectivity index (χ0v) is 18.6. The van der Waals surface area contributed by atoms with Crippen LogP contribution in [0.3, 0.4) is 0 Å². The van der Waals surface area contributed by atoms with E-state index in [9.17, 15) is 4.79 Å². The van der Waals surface area contributed by atoms with Crippen LogP contribution in [0.2, 0.25) is 0 Å². The molecule has 0 fully saturated rings. The number of carbonyl (C=O) groups excluding carboxylic acids is 1. The molecule has 3 N–H and O–H groups in total. The van der Waals surface area contributed by atoms with E-state index in [1.54, 1.807) is 18.4 Å². The van der Waals surface area contributed by atoms with E-state index in [0.29, 0.717) is 24.6 Å². The first kappa shape index (κ1) is 22.4. The summed E-state index contributed by atoms with van der Waals surface area (Å²) in [6.45, 7) is 6.23. The van der Waals surface area contributed by atoms with Crippen LogP contribution >= 0.6 is 35.3 Å². The van der Waals surface area contributed by atoms with Gasteiger partial charge in [-0.1, -0.05) is 25.1 Å². The number of aliphatic imine (C=N–C) groups is 1. The summed E-state index contributed by atoms with van der Waals surface area (Å²) in [6.07, 6.45) is 0. The van der Waals surface area contributed by atoms with E-state index in [2.05, 4.69) is 45.4 Å². The number of thiophene rings is 1. The van der Waals surface area contributed by atoms with E-state index < -0.39 is 0 Å². The molecule has 1 unspecified atom stereocenters. The molecular weight excluding hydrogens is 459 g/mol. The number of benzene rings is 1. The van der Waals surface area contributed by atoms with E-state index >= 15 is 0 Å². The zero-order chi connectivity index (χ0) is 18.1. The lowest BCUT2D eigenvalue weighted by atomic mass is 10.1. The first-order valence-electron chi connectivity index (χ1n) is 8.49. The van der Waals surface area contributed by atoms with Gasteiger partial charge >= 0.3 is 0 Å². The molecule has 1 heterocycles. The highest BCUT2D eigenvalue weighted by Crippen LogP contribution is 2.19. The van der Waals surface area contributed by atoms with Crippen LogP contribution in [0.1, 0.15) is 40.6 Å². The lowest BCUT2D eigenvalue weighted by molar-refractivity contribution is 0.0956. The monoisotopic (exact) mass is 486 g/mol. The Kier molecular flexibility index (Phi) is 10.3. The molecule has 5 nitrogen and oxygen atoms in total. The summed E-state index contributed by atoms with van der Waals surface area (Å²) in [6, 6.07) is 11.8. The molecular formula is C19H27IN4OS. The quantitative estimate of drug-likeness (QED) is 0.319. The number of carbonyl (C=O) groups is 1. The second-order valence-electron chi connectivity index (χ2n) is 5.78. The predicted molar refractivity (Wildman–Crippen MR) is 121 cm³/mol. The normalized spacial score (nSPS) is 12.0. The largest absolute Gasteiger partial charge is 0.356 e. The van der Waals surface area contributed by atoms with Crippen molar-refractivity contribution in [3.63, 3.8) is 0 Å². The highest BCUT2D eigenvalue weighted by atomic mass is 127. The molecule has 0 aliphatic heterocycles. The number of hydrogen-bond acceptors (Lipinski definition) is 3. The average molecular weight is 486 g/mol. The fourth-order valence-electron chi connectivity index (χ4n) is 2.37. The van der Waals surface area contributed by atoms with Gasteiger partial charge in [-0.3, -0.25) is 9.79 Å². The van der Waals surface area contributed by atoms with E-state index in [1.807, 2.05) is 31.2 Å². The highest BCUT2D eigenvalue weighted by Gasteiger charge is 2.08. The number of halogens is 1. The van der Waals surface area contributed by atoms with Crippen LogP contribution in [0, 0.1) is 0 Å². The van der Waals surface area contributed by atoms with Gasteiger partial charge in [0.05, 0.1) is 0 Å². The van der Waals surface area contributed by atoms with Crippen molar-refractivity contribution in [3.05, 3.63) is 57.8 Å². The lowest BCUT2D eigenvalue weighted by Crippen LogP contribution is -2.38. The number of nitrogens with one attached hydrogen (secondary N) is 3. The molecule has 26 heavy (non-hydrogen) atoms. The fourth-order valence-corrected chi connectivity index (χ4v) is 3.15. The molecule has 0 aliphatic carbocycles. The Balaban J connectivity index is 0.00000338. The Labute approximate surface area is 176 Å². The summed E-state index contributed by atoms with van der Waals surface area (Å²) < 4.78 is 0. The number of rotatable bonds is 7. The minimum Gasteiger partial charge on any atom is -0.356 e. The Morgan fingerprint density at radius 2 is 1.88 bits per heavy atom. The molecule has 0 spiro atoms. The van der Waals surface area contributed by atoms with Gasteiger partial charge in [0, 0.05) is 43.0 Å². The SMILES string of the molecule is CCNC(=O)c1ccc(CNC(=NC)NCC(C)c2cccs2)cc1.I. The van der Waals surface area contributed by atoms with Crippen molar-refractivity contribution in [3.8, 4) is 0 Å². The van der Waals surface area contributed by atoms with Crippen molar-refractivity contribution in [2.75, 3.05) is 20.1 Å². The van der Waals surface area contributed by atoms with Gasteiger partial charge < -0.3 is 16.0 Å². The van der Waals surface area contributed by atoms with E-state index in [0.717, 1.165) is 18.1 Å². The summed E-state index contributed by atoms with van der Waals surface area (Å²) in [5.74, 6) is 1.17. The molecule has 1 amide bonds. The molecule has 1 atom stereocenters. The van der Waals surface area contributed by atoms with Crippen molar-refractivity contribution in [2.45, 2.75) is 26.3 Å². The van der Waals surface area contributed by atoms with Crippen LogP contribution in [-0.2, 0) is 6.54 Å². The molecule has 1 aromatic heterocycles. The highest BCUT2D eigenvalue weighted by molar-refractivity contribution is 14.0. The van der Waals surface area contributed by atoms with Crippen LogP contribution in [0.15, 0.2) is 46.8 Å². The summed E-state index contributed by atoms with van der Waals surface area (Å²) in [4.78, 5) is 17.4. The van der Waals surface area contributed by atoms with Gasteiger partial charge in [0.1, 0.15) is 0 Å². The number of amides is 1. The minimum absolute atomic E-state index is 0. The van der Waals surface area contributed by atoms with Gasteiger partial charge in [-0.25, -0.2) is 0 Å². The summed E-state index contributed by atoms with van der Waals surface area (Å²) in [5.41, 5.74) is 1.78. The van der Waals surface area contributed by atoms with E-state index in [1.165, 1.54) is 4.88 Å². The first-order chi connectivity index (χ1) is 12.1. The van der Waals surface area contributed by atoms with Crippen LogP contribution in [0.4, 0.5) is 0 Å². The smallest absolute Gasteiger partial charge is 0.251 e. The van der Waals surface area contributed by atoms with Crippen LogP contribution in [0.25, 0.3) is 0 Å². The second-order valence-corrected chi connectivity index (χ2v) is 6.76. The molecule has 142 valence electrons. The van der Waals surface area contributed by atoms with Crippen molar-refractivity contribution >= 4 is 47.2 Å². The van der Waals surface area contributed by atoms with E-state index in [-0.39, 0.29) is 29.9 Å². The van der Waals surface area contributed by atoms with Crippen LogP contribution in [-0.4, -0.2) is 32.0 Å². The summed E-state index contributed by atoms with van der Waals surface area (Å²) >= 11 is 1.77. The van der Waals surface area contributed by atoms with Gasteiger partial charge in [0.25, 0.3) is 5.91 Å². The minimum atomic E-state index is -0.0398. The third-order valence-electron chi connectivity index (χ3n) is 3.84. The number of hydrogen-bond donors (Lipinski definition) is 3. The molecule has 7 heteroatoms. The number of guanidine groups is 1. The molecule has 2 rings (SSSR count). The van der Waals surface area contributed by atoms with Gasteiger partial charge in [-0.15, -0.1) is 35.3 Å². The Hall–Kier alpha value is -1.61. The lowest BCUT2D eigenvalue weighted by Gasteiger charge is -2.15. The van der Waals surface area contributed by atoms with Gasteiger partial charge in [0.2, 0.25) is 0 Å². The summed E-state index contributed by atoms with van der Waals surface area (Å²) in [5, 5.41) is 11.6. The average Bonchev–Trinajstić information content (AvgIpc) is 3.17. The first-order valence-corrected chi connectivity index (χ1v) is 9.37. The molecule has 0 radical (unpaired) electrons. The Morgan fingerprint density at radius 1 is 1.15 bits per heavy atom. The topological polar surface area (TPSA) is 65.5 Å². The molecule has 0 saturated carbocycles. The fraction of sp³-hybridized carbons (Fsp3) is 0.368. The maximum atomic E-state index is 11.8. The third kappa shape index (κ3) is 6.95. The molecule has 0 bridgehead atoms. The van der Waals surface area contributed by atoms with Gasteiger partial charge in [-0.2, -0.15) is 0 Å². The molecule has 0 aliphatic rings. The maximum absolute atomic E-state index is 11.8. The Bertz CT molecular complexity index is 686. The summed E-state index contributed by atoms with van der Waals surface area (Å²) in [7, 11) is 1.77. The standard InChI is InChI=1S/C19H26N4OS.HI/c1-4-21-18(24)16-9-7-15(8-10-16)13-23-19(20-3)22-12-14(2)17-6-5-11-25-17;/h5-11,14H,4,12-13H2,1-3H3,(H,21,24)(H2,20,22,23);1H. The third-order valence-corrected chi connectivity index (χ3v) is 4.95. The second kappa shape index (κ2) is 11.9. The zero-order valence-electron chi connectivity index (χ0n) is 15.4. The van der Waals surface area contributed by atoms with Crippen LogP contribution in [0.5, 0.6) is 0 Å². The van der Waals surface area contributed by atoms with Crippen LogP contribution < -0.4 is 16.0 Å². The Morgan fingerprint density at radius 3 is 2.46 bits per heavy atom. The van der Waals surface area contributed by atoms with Crippen molar-refractivity contribution in [2.24, 2.45) is 4.99 Å². The van der Waals surface area contributed by atoms with Gasteiger partial charge in [0.15, 0.2) is 5.96 Å². The van der Waals surface area contributed by atoms with Gasteiger partial charge in [-0.05, 0) is 36.1 Å². The predicted octanol–water partition coefficient (Wildman–Crippen LogP) is 3.58. The molecule has 0 saturated heterocycles. The number of nitrogens with zero attached hydrogens (tertiary/aromatic N) is 1.